The lowest BCUT2D eigenvalue weighted by Gasteiger charge is -2.30. The molecule has 0 radical (unpaired) electrons. The largest absolute Gasteiger partial charge is 0.311 e. The fourth-order valence-electron chi connectivity index (χ4n) is 2.72. The van der Waals surface area contributed by atoms with Gasteiger partial charge < -0.3 is 10.2 Å². The van der Waals surface area contributed by atoms with Gasteiger partial charge in [0.05, 0.1) is 4.92 Å². The number of aryl methyl sites for hydroxylation is 1. The van der Waals surface area contributed by atoms with Crippen LogP contribution in [0.4, 0.5) is 5.69 Å². The van der Waals surface area contributed by atoms with Gasteiger partial charge in [-0.15, -0.1) is 0 Å². The average Bonchev–Trinajstić information content (AvgIpc) is 2.46. The molecule has 1 aromatic rings. The SMILES string of the molecule is Cc1ccc(CNCCN2CCC(C)CC2)cc1[N+](=O)[O-]. The van der Waals surface area contributed by atoms with Gasteiger partial charge in [0.2, 0.25) is 0 Å². The Morgan fingerprint density at radius 1 is 1.38 bits per heavy atom. The van der Waals surface area contributed by atoms with E-state index in [0.29, 0.717) is 12.1 Å². The highest BCUT2D eigenvalue weighted by Gasteiger charge is 2.15. The molecule has 2 rings (SSSR count). The molecular weight excluding hydrogens is 266 g/mol. The van der Waals surface area contributed by atoms with Gasteiger partial charge in [-0.25, -0.2) is 0 Å². The number of nitro benzene ring substituents is 1. The van der Waals surface area contributed by atoms with Crippen molar-refractivity contribution >= 4 is 5.69 Å². The quantitative estimate of drug-likeness (QED) is 0.497. The van der Waals surface area contributed by atoms with Crippen molar-refractivity contribution in [3.05, 3.63) is 39.4 Å². The Bertz CT molecular complexity index is 482. The lowest BCUT2D eigenvalue weighted by Crippen LogP contribution is -2.37. The monoisotopic (exact) mass is 291 g/mol. The Kier molecular flexibility index (Phi) is 5.70. The molecule has 1 saturated heterocycles. The smallest absolute Gasteiger partial charge is 0.272 e. The summed E-state index contributed by atoms with van der Waals surface area (Å²) in [5, 5.41) is 14.3. The van der Waals surface area contributed by atoms with Crippen molar-refractivity contribution in [3.8, 4) is 0 Å². The summed E-state index contributed by atoms with van der Waals surface area (Å²) in [6.07, 6.45) is 2.59. The van der Waals surface area contributed by atoms with E-state index >= 15 is 0 Å². The summed E-state index contributed by atoms with van der Waals surface area (Å²) in [5.74, 6) is 0.863. The molecule has 0 bridgehead atoms. The molecule has 0 unspecified atom stereocenters. The molecule has 0 saturated carbocycles. The zero-order valence-electron chi connectivity index (χ0n) is 13.0. The molecule has 1 aliphatic rings. The predicted octanol–water partition coefficient (Wildman–Crippen LogP) is 2.72. The number of likely N-dealkylation sites (tertiary alicyclic amines) is 1. The minimum absolute atomic E-state index is 0.208. The predicted molar refractivity (Wildman–Crippen MR) is 84.4 cm³/mol. The van der Waals surface area contributed by atoms with E-state index in [4.69, 9.17) is 0 Å². The third-order valence-electron chi connectivity index (χ3n) is 4.28. The van der Waals surface area contributed by atoms with Gasteiger partial charge in [0.1, 0.15) is 0 Å². The van der Waals surface area contributed by atoms with Crippen molar-refractivity contribution in [1.82, 2.24) is 10.2 Å². The van der Waals surface area contributed by atoms with E-state index in [1.165, 1.54) is 25.9 Å². The Labute approximate surface area is 126 Å². The molecule has 116 valence electrons. The molecule has 1 fully saturated rings. The lowest BCUT2D eigenvalue weighted by molar-refractivity contribution is -0.385. The van der Waals surface area contributed by atoms with Gasteiger partial charge in [-0.1, -0.05) is 19.1 Å². The molecule has 5 nitrogen and oxygen atoms in total. The second-order valence-corrected chi connectivity index (χ2v) is 6.08. The molecule has 0 spiro atoms. The summed E-state index contributed by atoms with van der Waals surface area (Å²) in [6.45, 7) is 9.15. The Morgan fingerprint density at radius 3 is 2.76 bits per heavy atom. The van der Waals surface area contributed by atoms with Crippen LogP contribution < -0.4 is 5.32 Å². The van der Waals surface area contributed by atoms with E-state index in [9.17, 15) is 10.1 Å². The fourth-order valence-corrected chi connectivity index (χ4v) is 2.72. The van der Waals surface area contributed by atoms with Gasteiger partial charge in [-0.2, -0.15) is 0 Å². The second-order valence-electron chi connectivity index (χ2n) is 6.08. The van der Waals surface area contributed by atoms with Crippen LogP contribution in [0.5, 0.6) is 0 Å². The van der Waals surface area contributed by atoms with Crippen molar-refractivity contribution in [1.29, 1.82) is 0 Å². The summed E-state index contributed by atoms with van der Waals surface area (Å²) in [5.41, 5.74) is 1.89. The van der Waals surface area contributed by atoms with E-state index in [2.05, 4.69) is 17.1 Å². The van der Waals surface area contributed by atoms with Crippen LogP contribution in [0.3, 0.4) is 0 Å². The van der Waals surface area contributed by atoms with Crippen LogP contribution in [0.2, 0.25) is 0 Å². The van der Waals surface area contributed by atoms with Crippen molar-refractivity contribution < 1.29 is 4.92 Å². The molecule has 21 heavy (non-hydrogen) atoms. The Hall–Kier alpha value is -1.46. The number of nitro groups is 1. The number of nitrogens with one attached hydrogen (secondary N) is 1. The van der Waals surface area contributed by atoms with Crippen LogP contribution in [0, 0.1) is 23.0 Å². The van der Waals surface area contributed by atoms with Gasteiger partial charge >= 0.3 is 0 Å². The van der Waals surface area contributed by atoms with E-state index in [-0.39, 0.29) is 10.6 Å². The highest BCUT2D eigenvalue weighted by atomic mass is 16.6. The van der Waals surface area contributed by atoms with Crippen LogP contribution in [0.1, 0.15) is 30.9 Å². The molecule has 0 aromatic heterocycles. The second kappa shape index (κ2) is 7.52. The van der Waals surface area contributed by atoms with Crippen molar-refractivity contribution in [2.24, 2.45) is 5.92 Å². The van der Waals surface area contributed by atoms with Crippen molar-refractivity contribution in [2.75, 3.05) is 26.2 Å². The van der Waals surface area contributed by atoms with Crippen LogP contribution in [-0.2, 0) is 6.54 Å². The summed E-state index contributed by atoms with van der Waals surface area (Å²) in [4.78, 5) is 13.1. The first kappa shape index (κ1) is 15.9. The molecule has 0 atom stereocenters. The van der Waals surface area contributed by atoms with E-state index in [1.807, 2.05) is 12.1 Å². The first-order chi connectivity index (χ1) is 10.1. The number of nitrogens with zero attached hydrogens (tertiary/aromatic N) is 2. The van der Waals surface area contributed by atoms with E-state index in [1.54, 1.807) is 13.0 Å². The zero-order chi connectivity index (χ0) is 15.2. The number of benzene rings is 1. The minimum atomic E-state index is -0.312. The molecule has 5 heteroatoms. The maximum atomic E-state index is 10.9. The maximum absolute atomic E-state index is 10.9. The number of rotatable bonds is 6. The van der Waals surface area contributed by atoms with Crippen LogP contribution in [0.15, 0.2) is 18.2 Å². The van der Waals surface area contributed by atoms with Crippen molar-refractivity contribution in [3.63, 3.8) is 0 Å². The molecule has 0 aliphatic carbocycles. The standard InChI is InChI=1S/C16H25N3O2/c1-13-5-8-18(9-6-13)10-7-17-12-15-4-3-14(2)16(11-15)19(20)21/h3-4,11,13,17H,5-10,12H2,1-2H3. The fraction of sp³-hybridized carbons (Fsp3) is 0.625. The zero-order valence-corrected chi connectivity index (χ0v) is 13.0. The van der Waals surface area contributed by atoms with Gasteiger partial charge in [0, 0.05) is 31.3 Å². The van der Waals surface area contributed by atoms with Crippen LogP contribution in [-0.4, -0.2) is 36.0 Å². The molecular formula is C16H25N3O2. The van der Waals surface area contributed by atoms with Gasteiger partial charge in [-0.3, -0.25) is 10.1 Å². The van der Waals surface area contributed by atoms with Gasteiger partial charge in [0.25, 0.3) is 5.69 Å². The topological polar surface area (TPSA) is 58.4 Å². The number of piperidine rings is 1. The van der Waals surface area contributed by atoms with E-state index < -0.39 is 0 Å². The summed E-state index contributed by atoms with van der Waals surface area (Å²) < 4.78 is 0. The first-order valence-corrected chi connectivity index (χ1v) is 7.73. The van der Waals surface area contributed by atoms with Gasteiger partial charge in [0.15, 0.2) is 0 Å². The summed E-state index contributed by atoms with van der Waals surface area (Å²) in [7, 11) is 0. The van der Waals surface area contributed by atoms with Crippen LogP contribution >= 0.6 is 0 Å². The maximum Gasteiger partial charge on any atom is 0.272 e. The normalized spacial score (nSPS) is 17.0. The summed E-state index contributed by atoms with van der Waals surface area (Å²) in [6, 6.07) is 5.45. The molecule has 1 heterocycles. The molecule has 0 amide bonds. The van der Waals surface area contributed by atoms with E-state index in [0.717, 1.165) is 24.6 Å². The average molecular weight is 291 g/mol. The van der Waals surface area contributed by atoms with Crippen molar-refractivity contribution in [2.45, 2.75) is 33.2 Å². The number of hydrogen-bond donors (Lipinski definition) is 1. The Morgan fingerprint density at radius 2 is 2.10 bits per heavy atom. The molecule has 1 aliphatic heterocycles. The Balaban J connectivity index is 1.73. The number of hydrogen-bond acceptors (Lipinski definition) is 4. The van der Waals surface area contributed by atoms with Gasteiger partial charge in [-0.05, 0) is 44.3 Å². The third-order valence-corrected chi connectivity index (χ3v) is 4.28. The highest BCUT2D eigenvalue weighted by molar-refractivity contribution is 5.42. The highest BCUT2D eigenvalue weighted by Crippen LogP contribution is 2.19. The van der Waals surface area contributed by atoms with Crippen LogP contribution in [0.25, 0.3) is 0 Å². The first-order valence-electron chi connectivity index (χ1n) is 7.73. The molecule has 1 aromatic carbocycles. The third kappa shape index (κ3) is 4.79. The molecule has 1 N–H and O–H groups in total. The lowest BCUT2D eigenvalue weighted by atomic mass is 9.99. The minimum Gasteiger partial charge on any atom is -0.311 e. The summed E-state index contributed by atoms with van der Waals surface area (Å²) >= 11 is 0.